The number of rotatable bonds is 6. The minimum atomic E-state index is -0.713. The summed E-state index contributed by atoms with van der Waals surface area (Å²) in [6, 6.07) is 17.8. The third-order valence-electron chi connectivity index (χ3n) is 7.50. The van der Waals surface area contributed by atoms with E-state index in [1.807, 2.05) is 12.1 Å². The molecule has 0 spiro atoms. The maximum Gasteiger partial charge on any atom is 0.314 e. The summed E-state index contributed by atoms with van der Waals surface area (Å²) in [4.78, 5) is 14.7. The third kappa shape index (κ3) is 3.85. The van der Waals surface area contributed by atoms with Gasteiger partial charge in [0.15, 0.2) is 0 Å². The molecule has 1 saturated carbocycles. The van der Waals surface area contributed by atoms with Crippen LogP contribution < -0.4 is 0 Å². The Labute approximate surface area is 174 Å². The SMILES string of the molecule is CC1CCCN1CCc1ccc(-c2ccc([C@@]3(C(=O)O)CCCC3C)cc2)cc1. The quantitative estimate of drug-likeness (QED) is 0.704. The summed E-state index contributed by atoms with van der Waals surface area (Å²) in [5.41, 5.74) is 3.97. The summed E-state index contributed by atoms with van der Waals surface area (Å²) < 4.78 is 0. The van der Waals surface area contributed by atoms with Gasteiger partial charge in [0.1, 0.15) is 0 Å². The Hall–Kier alpha value is -2.13. The molecule has 1 N–H and O–H groups in total. The monoisotopic (exact) mass is 391 g/mol. The van der Waals surface area contributed by atoms with Gasteiger partial charge < -0.3 is 10.0 Å². The lowest BCUT2D eigenvalue weighted by Crippen LogP contribution is -2.38. The maximum absolute atomic E-state index is 12.1. The summed E-state index contributed by atoms with van der Waals surface area (Å²) in [6.45, 7) is 6.80. The molecular weight excluding hydrogens is 358 g/mol. The molecular formula is C26H33NO2. The van der Waals surface area contributed by atoms with Gasteiger partial charge in [0, 0.05) is 12.6 Å². The maximum atomic E-state index is 12.1. The highest BCUT2D eigenvalue weighted by atomic mass is 16.4. The number of carbonyl (C=O) groups is 1. The van der Waals surface area contributed by atoms with Gasteiger partial charge in [0.25, 0.3) is 0 Å². The summed E-state index contributed by atoms with van der Waals surface area (Å²) >= 11 is 0. The van der Waals surface area contributed by atoms with Crippen molar-refractivity contribution < 1.29 is 9.90 Å². The molecule has 29 heavy (non-hydrogen) atoms. The molecule has 154 valence electrons. The number of benzene rings is 2. The zero-order valence-electron chi connectivity index (χ0n) is 17.7. The summed E-state index contributed by atoms with van der Waals surface area (Å²) in [5, 5.41) is 9.95. The van der Waals surface area contributed by atoms with Crippen LogP contribution in [-0.2, 0) is 16.6 Å². The van der Waals surface area contributed by atoms with Crippen molar-refractivity contribution in [3.63, 3.8) is 0 Å². The molecule has 2 aromatic rings. The highest BCUT2D eigenvalue weighted by Crippen LogP contribution is 2.46. The molecule has 0 amide bonds. The topological polar surface area (TPSA) is 40.5 Å². The Kier molecular flexibility index (Phi) is 5.78. The Balaban J connectivity index is 1.46. The molecule has 1 aliphatic heterocycles. The first kappa shape index (κ1) is 20.2. The number of hydrogen-bond acceptors (Lipinski definition) is 2. The van der Waals surface area contributed by atoms with Gasteiger partial charge >= 0.3 is 5.97 Å². The molecule has 0 radical (unpaired) electrons. The molecule has 0 bridgehead atoms. The first-order valence-electron chi connectivity index (χ1n) is 11.2. The van der Waals surface area contributed by atoms with Gasteiger partial charge in [-0.05, 0) is 73.7 Å². The lowest BCUT2D eigenvalue weighted by molar-refractivity contribution is -0.145. The van der Waals surface area contributed by atoms with Crippen LogP contribution in [0.4, 0.5) is 0 Å². The van der Waals surface area contributed by atoms with Crippen LogP contribution in [0, 0.1) is 5.92 Å². The lowest BCUT2D eigenvalue weighted by Gasteiger charge is -2.29. The van der Waals surface area contributed by atoms with Crippen LogP contribution in [0.3, 0.4) is 0 Å². The van der Waals surface area contributed by atoms with Crippen molar-refractivity contribution in [2.45, 2.75) is 63.8 Å². The molecule has 1 saturated heterocycles. The van der Waals surface area contributed by atoms with E-state index in [0.29, 0.717) is 0 Å². The average molecular weight is 392 g/mol. The first-order chi connectivity index (χ1) is 14.0. The van der Waals surface area contributed by atoms with E-state index in [9.17, 15) is 9.90 Å². The Morgan fingerprint density at radius 1 is 1.00 bits per heavy atom. The molecule has 1 heterocycles. The molecule has 1 aliphatic carbocycles. The zero-order chi connectivity index (χ0) is 20.4. The minimum Gasteiger partial charge on any atom is -0.481 e. The summed E-state index contributed by atoms with van der Waals surface area (Å²) in [5.74, 6) is -0.490. The van der Waals surface area contributed by atoms with Crippen molar-refractivity contribution >= 4 is 5.97 Å². The fraction of sp³-hybridized carbons (Fsp3) is 0.500. The van der Waals surface area contributed by atoms with E-state index in [1.165, 1.54) is 30.5 Å². The van der Waals surface area contributed by atoms with Crippen molar-refractivity contribution in [2.24, 2.45) is 5.92 Å². The Morgan fingerprint density at radius 2 is 1.66 bits per heavy atom. The van der Waals surface area contributed by atoms with E-state index in [1.54, 1.807) is 0 Å². The third-order valence-corrected chi connectivity index (χ3v) is 7.50. The smallest absolute Gasteiger partial charge is 0.314 e. The van der Waals surface area contributed by atoms with Crippen LogP contribution in [0.25, 0.3) is 11.1 Å². The number of carboxylic acid groups (broad SMARTS) is 1. The number of aliphatic carboxylic acids is 1. The second kappa shape index (κ2) is 8.31. The molecule has 2 aliphatic rings. The van der Waals surface area contributed by atoms with Crippen molar-refractivity contribution in [1.82, 2.24) is 4.90 Å². The lowest BCUT2D eigenvalue weighted by atomic mass is 9.73. The van der Waals surface area contributed by atoms with Gasteiger partial charge in [0.2, 0.25) is 0 Å². The van der Waals surface area contributed by atoms with Crippen LogP contribution in [0.1, 0.15) is 57.1 Å². The average Bonchev–Trinajstić information content (AvgIpc) is 3.33. The molecule has 2 unspecified atom stereocenters. The van der Waals surface area contributed by atoms with E-state index in [0.717, 1.165) is 49.4 Å². The van der Waals surface area contributed by atoms with Gasteiger partial charge in [-0.25, -0.2) is 0 Å². The first-order valence-corrected chi connectivity index (χ1v) is 11.2. The number of nitrogens with zero attached hydrogens (tertiary/aromatic N) is 1. The van der Waals surface area contributed by atoms with Gasteiger partial charge in [-0.2, -0.15) is 0 Å². The molecule has 4 rings (SSSR count). The minimum absolute atomic E-state index is 0.184. The Bertz CT molecular complexity index is 842. The van der Waals surface area contributed by atoms with Gasteiger partial charge in [-0.15, -0.1) is 0 Å². The fourth-order valence-electron chi connectivity index (χ4n) is 5.47. The molecule has 3 atom stereocenters. The fourth-order valence-corrected chi connectivity index (χ4v) is 5.47. The molecule has 2 aromatic carbocycles. The van der Waals surface area contributed by atoms with Gasteiger partial charge in [-0.3, -0.25) is 4.79 Å². The Morgan fingerprint density at radius 3 is 2.17 bits per heavy atom. The van der Waals surface area contributed by atoms with Crippen LogP contribution in [0.15, 0.2) is 48.5 Å². The van der Waals surface area contributed by atoms with Crippen LogP contribution >= 0.6 is 0 Å². The largest absolute Gasteiger partial charge is 0.481 e. The zero-order valence-corrected chi connectivity index (χ0v) is 17.7. The van der Waals surface area contributed by atoms with Crippen molar-refractivity contribution in [2.75, 3.05) is 13.1 Å². The highest BCUT2D eigenvalue weighted by Gasteiger charge is 2.48. The predicted molar refractivity (Wildman–Crippen MR) is 118 cm³/mol. The standard InChI is InChI=1S/C26H33NO2/c1-19-5-3-16-26(19,25(28)29)24-13-11-23(12-14-24)22-9-7-21(8-10-22)15-18-27-17-4-6-20(27)2/h7-14,19-20H,3-6,15-18H2,1-2H3,(H,28,29)/t19?,20?,26-/m1/s1. The van der Waals surface area contributed by atoms with Crippen LogP contribution in [0.5, 0.6) is 0 Å². The second-order valence-electron chi connectivity index (χ2n) is 9.12. The molecule has 2 fully saturated rings. The van der Waals surface area contributed by atoms with Crippen molar-refractivity contribution in [3.8, 4) is 11.1 Å². The molecule has 3 heteroatoms. The molecule has 3 nitrogen and oxygen atoms in total. The number of likely N-dealkylation sites (tertiary alicyclic amines) is 1. The van der Waals surface area contributed by atoms with Gasteiger partial charge in [-0.1, -0.05) is 61.9 Å². The number of carboxylic acids is 1. The summed E-state index contributed by atoms with van der Waals surface area (Å²) in [6.07, 6.45) is 6.49. The van der Waals surface area contributed by atoms with Crippen molar-refractivity contribution in [1.29, 1.82) is 0 Å². The van der Waals surface area contributed by atoms with E-state index in [2.05, 4.69) is 55.1 Å². The predicted octanol–water partition coefficient (Wildman–Crippen LogP) is 5.52. The highest BCUT2D eigenvalue weighted by molar-refractivity contribution is 5.82. The van der Waals surface area contributed by atoms with Crippen LogP contribution in [-0.4, -0.2) is 35.1 Å². The summed E-state index contributed by atoms with van der Waals surface area (Å²) in [7, 11) is 0. The van der Waals surface area contributed by atoms with Crippen molar-refractivity contribution in [3.05, 3.63) is 59.7 Å². The van der Waals surface area contributed by atoms with Gasteiger partial charge in [0.05, 0.1) is 5.41 Å². The van der Waals surface area contributed by atoms with E-state index >= 15 is 0 Å². The van der Waals surface area contributed by atoms with E-state index < -0.39 is 11.4 Å². The van der Waals surface area contributed by atoms with Crippen LogP contribution in [0.2, 0.25) is 0 Å². The molecule has 0 aromatic heterocycles. The van der Waals surface area contributed by atoms with E-state index in [4.69, 9.17) is 0 Å². The second-order valence-corrected chi connectivity index (χ2v) is 9.12. The number of hydrogen-bond donors (Lipinski definition) is 1. The normalized spacial score (nSPS) is 27.4. The van der Waals surface area contributed by atoms with E-state index in [-0.39, 0.29) is 5.92 Å².